The first-order chi connectivity index (χ1) is 44.2. The van der Waals surface area contributed by atoms with E-state index in [9.17, 15) is 43.2 Å². The number of esters is 4. The molecule has 0 aromatic heterocycles. The van der Waals surface area contributed by atoms with Gasteiger partial charge in [-0.2, -0.15) is 0 Å². The number of carbonyl (C=O) groups excluding carboxylic acids is 4. The molecule has 19 heteroatoms. The van der Waals surface area contributed by atoms with Crippen molar-refractivity contribution in [3.8, 4) is 0 Å². The molecule has 0 fully saturated rings. The molecule has 0 aliphatic carbocycles. The summed E-state index contributed by atoms with van der Waals surface area (Å²) in [6.07, 6.45) is 45.9. The Morgan fingerprint density at radius 3 is 0.772 bits per heavy atom. The molecule has 3 N–H and O–H groups in total. The van der Waals surface area contributed by atoms with Gasteiger partial charge in [0.25, 0.3) is 0 Å². The van der Waals surface area contributed by atoms with E-state index in [1.165, 1.54) is 161 Å². The molecule has 0 radical (unpaired) electrons. The van der Waals surface area contributed by atoms with Crippen LogP contribution in [0.5, 0.6) is 0 Å². The number of rotatable bonds is 70. The molecule has 0 heterocycles. The normalized spacial score (nSPS) is 14.8. The molecule has 0 saturated carbocycles. The highest BCUT2D eigenvalue weighted by Crippen LogP contribution is 2.45. The van der Waals surface area contributed by atoms with Crippen molar-refractivity contribution in [1.82, 2.24) is 0 Å². The Kier molecular flexibility index (Phi) is 61.3. The molecule has 4 unspecified atom stereocenters. The van der Waals surface area contributed by atoms with Gasteiger partial charge in [0.15, 0.2) is 12.2 Å². The molecule has 17 nitrogen and oxygen atoms in total. The van der Waals surface area contributed by atoms with Crippen molar-refractivity contribution in [3.05, 3.63) is 0 Å². The second-order valence-electron chi connectivity index (χ2n) is 27.8. The summed E-state index contributed by atoms with van der Waals surface area (Å²) < 4.78 is 68.4. The number of unbranched alkanes of at least 4 members (excludes halogenated alkanes) is 34. The Balaban J connectivity index is 5.23. The minimum absolute atomic E-state index is 0.104. The lowest BCUT2D eigenvalue weighted by molar-refractivity contribution is -0.161. The van der Waals surface area contributed by atoms with Crippen molar-refractivity contribution in [2.24, 2.45) is 23.7 Å². The highest BCUT2D eigenvalue weighted by atomic mass is 31.2. The fourth-order valence-corrected chi connectivity index (χ4v) is 12.5. The number of carbonyl (C=O) groups is 4. The van der Waals surface area contributed by atoms with E-state index in [4.69, 9.17) is 37.0 Å². The van der Waals surface area contributed by atoms with Gasteiger partial charge in [-0.3, -0.25) is 37.3 Å². The molecular weight excluding hydrogens is 1210 g/mol. The largest absolute Gasteiger partial charge is 0.472 e. The van der Waals surface area contributed by atoms with Crippen molar-refractivity contribution in [2.75, 3.05) is 39.6 Å². The number of hydrogen-bond acceptors (Lipinski definition) is 15. The lowest BCUT2D eigenvalue weighted by Crippen LogP contribution is -2.30. The topological polar surface area (TPSA) is 237 Å². The molecule has 92 heavy (non-hydrogen) atoms. The molecule has 0 aliphatic rings. The van der Waals surface area contributed by atoms with E-state index in [2.05, 4.69) is 55.4 Å². The third kappa shape index (κ3) is 64.1. The standard InChI is InChI=1S/C73H142O17P2/c1-9-65(7)51-43-35-27-22-24-30-40-48-56-73(78)90-69(60-84-71(76)54-46-38-32-31-36-44-52-66(8)10-2)62-88-92(81,82)86-58-67(74)57-85-91(79,80)87-61-68(59-83-70(75)53-45-37-28-23-21-26-34-42-50-64(5)6)89-72(77)55-47-39-29-20-18-16-14-12-11-13-15-17-19-25-33-41-49-63(3)4/h63-69,74H,9-62H2,1-8H3,(H,79,80)(H,81,82)/t65?,66?,67-,68-,69-/m1/s1. The Morgan fingerprint density at radius 2 is 0.522 bits per heavy atom. The van der Waals surface area contributed by atoms with Crippen molar-refractivity contribution >= 4 is 39.5 Å². The highest BCUT2D eigenvalue weighted by Gasteiger charge is 2.30. The Morgan fingerprint density at radius 1 is 0.304 bits per heavy atom. The predicted octanol–water partition coefficient (Wildman–Crippen LogP) is 20.9. The van der Waals surface area contributed by atoms with Gasteiger partial charge in [0.1, 0.15) is 19.3 Å². The monoisotopic (exact) mass is 1350 g/mol. The summed E-state index contributed by atoms with van der Waals surface area (Å²) >= 11 is 0. The fourth-order valence-electron chi connectivity index (χ4n) is 11.0. The van der Waals surface area contributed by atoms with Crippen molar-refractivity contribution in [2.45, 2.75) is 382 Å². The van der Waals surface area contributed by atoms with Crippen molar-refractivity contribution in [1.29, 1.82) is 0 Å². The molecule has 0 rings (SSSR count). The van der Waals surface area contributed by atoms with Gasteiger partial charge >= 0.3 is 39.5 Å². The van der Waals surface area contributed by atoms with Gasteiger partial charge in [-0.05, 0) is 49.4 Å². The molecule has 7 atom stereocenters. The summed E-state index contributed by atoms with van der Waals surface area (Å²) in [5.41, 5.74) is 0. The first-order valence-corrected chi connectivity index (χ1v) is 40.8. The van der Waals surface area contributed by atoms with Crippen LogP contribution in [0.25, 0.3) is 0 Å². The lowest BCUT2D eigenvalue weighted by Gasteiger charge is -2.21. The van der Waals surface area contributed by atoms with Crippen LogP contribution in [0.1, 0.15) is 364 Å². The smallest absolute Gasteiger partial charge is 0.462 e. The van der Waals surface area contributed by atoms with Crippen LogP contribution in [0, 0.1) is 23.7 Å². The molecular formula is C73H142O17P2. The Bertz CT molecular complexity index is 1820. The van der Waals surface area contributed by atoms with Gasteiger partial charge in [0.05, 0.1) is 26.4 Å². The second-order valence-corrected chi connectivity index (χ2v) is 30.7. The summed E-state index contributed by atoms with van der Waals surface area (Å²) in [5, 5.41) is 10.6. The van der Waals surface area contributed by atoms with Crippen LogP contribution in [0.4, 0.5) is 0 Å². The Hall–Kier alpha value is -1.94. The molecule has 0 aromatic rings. The average Bonchev–Trinajstić information content (AvgIpc) is 2.17. The number of hydrogen-bond donors (Lipinski definition) is 3. The van der Waals surface area contributed by atoms with Gasteiger partial charge in [-0.15, -0.1) is 0 Å². The maximum absolute atomic E-state index is 13.0. The van der Waals surface area contributed by atoms with Crippen molar-refractivity contribution in [3.63, 3.8) is 0 Å². The maximum Gasteiger partial charge on any atom is 0.472 e. The minimum Gasteiger partial charge on any atom is -0.462 e. The zero-order valence-corrected chi connectivity index (χ0v) is 62.0. The summed E-state index contributed by atoms with van der Waals surface area (Å²) in [4.78, 5) is 72.6. The second kappa shape index (κ2) is 62.6. The number of aliphatic hydroxyl groups excluding tert-OH is 1. The van der Waals surface area contributed by atoms with E-state index in [0.717, 1.165) is 120 Å². The zero-order chi connectivity index (χ0) is 68.2. The lowest BCUT2D eigenvalue weighted by atomic mass is 9.99. The van der Waals surface area contributed by atoms with Gasteiger partial charge in [0.2, 0.25) is 0 Å². The van der Waals surface area contributed by atoms with Crippen LogP contribution in [0.15, 0.2) is 0 Å². The van der Waals surface area contributed by atoms with Crippen LogP contribution in [-0.4, -0.2) is 96.7 Å². The molecule has 0 spiro atoms. The van der Waals surface area contributed by atoms with Gasteiger partial charge in [0, 0.05) is 25.7 Å². The predicted molar refractivity (Wildman–Crippen MR) is 372 cm³/mol. The van der Waals surface area contributed by atoms with E-state index in [0.29, 0.717) is 25.7 Å². The number of phosphoric ester groups is 2. The van der Waals surface area contributed by atoms with E-state index < -0.39 is 97.5 Å². The van der Waals surface area contributed by atoms with E-state index in [1.54, 1.807) is 0 Å². The molecule has 0 bridgehead atoms. The summed E-state index contributed by atoms with van der Waals surface area (Å²) in [7, 11) is -9.91. The van der Waals surface area contributed by atoms with E-state index >= 15 is 0 Å². The number of aliphatic hydroxyl groups is 1. The van der Waals surface area contributed by atoms with Gasteiger partial charge in [-0.1, -0.05) is 312 Å². The summed E-state index contributed by atoms with van der Waals surface area (Å²) in [5.74, 6) is 0.908. The zero-order valence-electron chi connectivity index (χ0n) is 60.2. The van der Waals surface area contributed by atoms with E-state index in [-0.39, 0.29) is 25.7 Å². The number of phosphoric acid groups is 2. The molecule has 0 saturated heterocycles. The fraction of sp³-hybridized carbons (Fsp3) is 0.945. The highest BCUT2D eigenvalue weighted by molar-refractivity contribution is 7.47. The molecule has 0 aromatic carbocycles. The minimum atomic E-state index is -4.96. The van der Waals surface area contributed by atoms with Crippen LogP contribution in [-0.2, 0) is 65.4 Å². The molecule has 0 amide bonds. The summed E-state index contributed by atoms with van der Waals surface area (Å²) in [6.45, 7) is 14.1. The third-order valence-electron chi connectivity index (χ3n) is 17.5. The van der Waals surface area contributed by atoms with E-state index in [1.807, 2.05) is 0 Å². The average molecular weight is 1350 g/mol. The van der Waals surface area contributed by atoms with Crippen LogP contribution in [0.3, 0.4) is 0 Å². The van der Waals surface area contributed by atoms with Crippen molar-refractivity contribution < 1.29 is 80.2 Å². The first-order valence-electron chi connectivity index (χ1n) is 37.8. The van der Waals surface area contributed by atoms with Crippen LogP contribution < -0.4 is 0 Å². The Labute approximate surface area is 562 Å². The third-order valence-corrected chi connectivity index (χ3v) is 19.4. The van der Waals surface area contributed by atoms with Gasteiger partial charge < -0.3 is 33.8 Å². The molecule has 0 aliphatic heterocycles. The number of ether oxygens (including phenoxy) is 4. The van der Waals surface area contributed by atoms with Crippen LogP contribution in [0.2, 0.25) is 0 Å². The summed E-state index contributed by atoms with van der Waals surface area (Å²) in [6, 6.07) is 0. The SMILES string of the molecule is CCC(C)CCCCCCCCCCC(=O)O[C@H](COC(=O)CCCCCCCCC(C)CC)COP(=O)(O)OC[C@H](O)COP(=O)(O)OC[C@@H](COC(=O)CCCCCCCCCCC(C)C)OC(=O)CCCCCCCCCCCCCCCCCCC(C)C. The molecule has 546 valence electrons. The van der Waals surface area contributed by atoms with Crippen LogP contribution >= 0.6 is 15.6 Å². The maximum atomic E-state index is 13.0. The first kappa shape index (κ1) is 90.1. The van der Waals surface area contributed by atoms with Gasteiger partial charge in [-0.25, -0.2) is 9.13 Å². The quantitative estimate of drug-likeness (QED) is 0.0222.